The SMILES string of the molecule is O=C(O)CCC1CCN(C(=O)C2CCCC2)CC1. The van der Waals surface area contributed by atoms with Crippen LogP contribution in [-0.2, 0) is 9.59 Å². The number of hydrogen-bond donors (Lipinski definition) is 1. The molecule has 0 atom stereocenters. The van der Waals surface area contributed by atoms with Gasteiger partial charge in [0.25, 0.3) is 0 Å². The molecule has 1 aliphatic heterocycles. The molecule has 1 saturated heterocycles. The molecule has 102 valence electrons. The first kappa shape index (κ1) is 13.4. The molecule has 2 aliphatic rings. The molecule has 1 saturated carbocycles. The van der Waals surface area contributed by atoms with Crippen molar-refractivity contribution in [2.75, 3.05) is 13.1 Å². The maximum atomic E-state index is 12.2. The van der Waals surface area contributed by atoms with Crippen LogP contribution in [0.5, 0.6) is 0 Å². The summed E-state index contributed by atoms with van der Waals surface area (Å²) in [7, 11) is 0. The van der Waals surface area contributed by atoms with Crippen LogP contribution in [0.2, 0.25) is 0 Å². The number of piperidine rings is 1. The average molecular weight is 253 g/mol. The van der Waals surface area contributed by atoms with Crippen molar-refractivity contribution in [3.63, 3.8) is 0 Å². The standard InChI is InChI=1S/C14H23NO3/c16-13(17)6-5-11-7-9-15(10-8-11)14(18)12-3-1-2-4-12/h11-12H,1-10H2,(H,16,17). The van der Waals surface area contributed by atoms with E-state index in [2.05, 4.69) is 0 Å². The minimum atomic E-state index is -0.709. The Kier molecular flexibility index (Phi) is 4.61. The second-order valence-corrected chi connectivity index (χ2v) is 5.68. The maximum Gasteiger partial charge on any atom is 0.303 e. The van der Waals surface area contributed by atoms with Crippen molar-refractivity contribution in [2.45, 2.75) is 51.4 Å². The molecular weight excluding hydrogens is 230 g/mol. The van der Waals surface area contributed by atoms with E-state index >= 15 is 0 Å². The Labute approximate surface area is 108 Å². The van der Waals surface area contributed by atoms with Gasteiger partial charge in [-0.25, -0.2) is 0 Å². The zero-order valence-electron chi connectivity index (χ0n) is 10.9. The summed E-state index contributed by atoms with van der Waals surface area (Å²) in [5, 5.41) is 8.66. The largest absolute Gasteiger partial charge is 0.481 e. The van der Waals surface area contributed by atoms with E-state index in [0.717, 1.165) is 45.2 Å². The lowest BCUT2D eigenvalue weighted by atomic mass is 9.91. The summed E-state index contributed by atoms with van der Waals surface area (Å²) in [5.74, 6) is 0.415. The quantitative estimate of drug-likeness (QED) is 0.836. The van der Waals surface area contributed by atoms with E-state index in [1.165, 1.54) is 12.8 Å². The first-order valence-electron chi connectivity index (χ1n) is 7.17. The van der Waals surface area contributed by atoms with Crippen molar-refractivity contribution in [3.05, 3.63) is 0 Å². The van der Waals surface area contributed by atoms with Gasteiger partial charge in [-0.05, 0) is 38.0 Å². The van der Waals surface area contributed by atoms with E-state index in [1.807, 2.05) is 4.90 Å². The van der Waals surface area contributed by atoms with Crippen LogP contribution in [-0.4, -0.2) is 35.0 Å². The number of carboxylic acids is 1. The van der Waals surface area contributed by atoms with Crippen molar-refractivity contribution < 1.29 is 14.7 Å². The molecule has 0 unspecified atom stereocenters. The van der Waals surface area contributed by atoms with Crippen molar-refractivity contribution in [1.82, 2.24) is 4.90 Å². The summed E-state index contributed by atoms with van der Waals surface area (Å²) in [4.78, 5) is 24.7. The number of carbonyl (C=O) groups is 2. The Morgan fingerprint density at radius 1 is 1.06 bits per heavy atom. The van der Waals surface area contributed by atoms with E-state index in [-0.39, 0.29) is 12.3 Å². The van der Waals surface area contributed by atoms with Crippen molar-refractivity contribution in [1.29, 1.82) is 0 Å². The minimum Gasteiger partial charge on any atom is -0.481 e. The third kappa shape index (κ3) is 3.47. The second-order valence-electron chi connectivity index (χ2n) is 5.68. The molecular formula is C14H23NO3. The molecule has 2 rings (SSSR count). The highest BCUT2D eigenvalue weighted by Gasteiger charge is 2.29. The van der Waals surface area contributed by atoms with Crippen LogP contribution in [0.1, 0.15) is 51.4 Å². The third-order valence-electron chi connectivity index (χ3n) is 4.40. The highest BCUT2D eigenvalue weighted by Crippen LogP contribution is 2.29. The summed E-state index contributed by atoms with van der Waals surface area (Å²) in [5.41, 5.74) is 0. The molecule has 0 spiro atoms. The minimum absolute atomic E-state index is 0.265. The fraction of sp³-hybridized carbons (Fsp3) is 0.857. The molecule has 0 aromatic rings. The zero-order chi connectivity index (χ0) is 13.0. The summed E-state index contributed by atoms with van der Waals surface area (Å²) in [6.07, 6.45) is 7.52. The Morgan fingerprint density at radius 3 is 2.22 bits per heavy atom. The van der Waals surface area contributed by atoms with Gasteiger partial charge in [0.1, 0.15) is 0 Å². The van der Waals surface area contributed by atoms with E-state index < -0.39 is 5.97 Å². The van der Waals surface area contributed by atoms with Crippen molar-refractivity contribution >= 4 is 11.9 Å². The molecule has 1 aliphatic carbocycles. The van der Waals surface area contributed by atoms with E-state index in [9.17, 15) is 9.59 Å². The number of rotatable bonds is 4. The normalized spacial score (nSPS) is 22.3. The molecule has 4 heteroatoms. The van der Waals surface area contributed by atoms with E-state index in [0.29, 0.717) is 11.8 Å². The lowest BCUT2D eigenvalue weighted by molar-refractivity contribution is -0.139. The number of hydrogen-bond acceptors (Lipinski definition) is 2. The Bertz CT molecular complexity index is 302. The average Bonchev–Trinajstić information content (AvgIpc) is 2.90. The predicted molar refractivity (Wildman–Crippen MR) is 68.1 cm³/mol. The van der Waals surface area contributed by atoms with Crippen LogP contribution in [0.25, 0.3) is 0 Å². The van der Waals surface area contributed by atoms with Gasteiger partial charge in [-0.2, -0.15) is 0 Å². The summed E-state index contributed by atoms with van der Waals surface area (Å²) in [6, 6.07) is 0. The molecule has 1 N–H and O–H groups in total. The summed E-state index contributed by atoms with van der Waals surface area (Å²) < 4.78 is 0. The lowest BCUT2D eigenvalue weighted by Gasteiger charge is -2.33. The van der Waals surface area contributed by atoms with Gasteiger partial charge in [-0.15, -0.1) is 0 Å². The number of amides is 1. The second kappa shape index (κ2) is 6.21. The van der Waals surface area contributed by atoms with Crippen LogP contribution < -0.4 is 0 Å². The first-order chi connectivity index (χ1) is 8.66. The molecule has 18 heavy (non-hydrogen) atoms. The van der Waals surface area contributed by atoms with Gasteiger partial charge in [0.05, 0.1) is 0 Å². The van der Waals surface area contributed by atoms with E-state index in [4.69, 9.17) is 5.11 Å². The van der Waals surface area contributed by atoms with Crippen LogP contribution in [0.3, 0.4) is 0 Å². The Balaban J connectivity index is 1.72. The Morgan fingerprint density at radius 2 is 1.67 bits per heavy atom. The molecule has 0 radical (unpaired) electrons. The smallest absolute Gasteiger partial charge is 0.303 e. The summed E-state index contributed by atoms with van der Waals surface area (Å²) in [6.45, 7) is 1.67. The fourth-order valence-corrected chi connectivity index (χ4v) is 3.20. The van der Waals surface area contributed by atoms with Gasteiger partial charge in [0.2, 0.25) is 5.91 Å². The molecule has 0 aromatic heterocycles. The van der Waals surface area contributed by atoms with Crippen LogP contribution >= 0.6 is 0 Å². The number of carboxylic acid groups (broad SMARTS) is 1. The zero-order valence-corrected chi connectivity index (χ0v) is 10.9. The molecule has 0 bridgehead atoms. The molecule has 1 amide bonds. The van der Waals surface area contributed by atoms with Gasteiger partial charge in [0, 0.05) is 25.4 Å². The predicted octanol–water partition coefficient (Wildman–Crippen LogP) is 2.28. The van der Waals surface area contributed by atoms with Gasteiger partial charge in [0.15, 0.2) is 0 Å². The van der Waals surface area contributed by atoms with Crippen LogP contribution in [0, 0.1) is 11.8 Å². The number of likely N-dealkylation sites (tertiary alicyclic amines) is 1. The molecule has 1 heterocycles. The lowest BCUT2D eigenvalue weighted by Crippen LogP contribution is -2.41. The number of nitrogens with zero attached hydrogens (tertiary/aromatic N) is 1. The van der Waals surface area contributed by atoms with Gasteiger partial charge < -0.3 is 10.0 Å². The van der Waals surface area contributed by atoms with Gasteiger partial charge in [-0.3, -0.25) is 9.59 Å². The summed E-state index contributed by atoms with van der Waals surface area (Å²) >= 11 is 0. The highest BCUT2D eigenvalue weighted by molar-refractivity contribution is 5.79. The topological polar surface area (TPSA) is 57.6 Å². The first-order valence-corrected chi connectivity index (χ1v) is 7.17. The number of aliphatic carboxylic acids is 1. The number of carbonyl (C=O) groups excluding carboxylic acids is 1. The van der Waals surface area contributed by atoms with Crippen LogP contribution in [0.4, 0.5) is 0 Å². The molecule has 2 fully saturated rings. The third-order valence-corrected chi connectivity index (χ3v) is 4.40. The van der Waals surface area contributed by atoms with Gasteiger partial charge in [-0.1, -0.05) is 12.8 Å². The van der Waals surface area contributed by atoms with Crippen LogP contribution in [0.15, 0.2) is 0 Å². The van der Waals surface area contributed by atoms with Crippen molar-refractivity contribution in [2.24, 2.45) is 11.8 Å². The van der Waals surface area contributed by atoms with Gasteiger partial charge >= 0.3 is 5.97 Å². The van der Waals surface area contributed by atoms with E-state index in [1.54, 1.807) is 0 Å². The Hall–Kier alpha value is -1.06. The monoisotopic (exact) mass is 253 g/mol. The molecule has 4 nitrogen and oxygen atoms in total. The fourth-order valence-electron chi connectivity index (χ4n) is 3.20. The van der Waals surface area contributed by atoms with Crippen molar-refractivity contribution in [3.8, 4) is 0 Å². The maximum absolute atomic E-state index is 12.2. The highest BCUT2D eigenvalue weighted by atomic mass is 16.4. The molecule has 0 aromatic carbocycles.